The molecule has 2 aromatic heterocycles. The molecular weight excluding hydrogens is 599 g/mol. The van der Waals surface area contributed by atoms with E-state index in [1.54, 1.807) is 0 Å². The number of benzene rings is 1. The van der Waals surface area contributed by atoms with Gasteiger partial charge in [-0.1, -0.05) is 18.2 Å². The molecular formula is C29H47N6NaO9. The largest absolute Gasteiger partial charge is 1.00 e. The predicted molar refractivity (Wildman–Crippen MR) is 162 cm³/mol. The molecule has 0 saturated carbocycles. The summed E-state index contributed by atoms with van der Waals surface area (Å²) in [7, 11) is 3.82. The van der Waals surface area contributed by atoms with E-state index in [0.717, 1.165) is 53.2 Å². The maximum atomic E-state index is 12.5. The first-order chi connectivity index (χ1) is 21.4. The fourth-order valence-corrected chi connectivity index (χ4v) is 5.25. The smallest absolute Gasteiger partial charge is 0.857 e. The number of nitrogens with zero attached hydrogens (tertiary/aromatic N) is 4. The van der Waals surface area contributed by atoms with Gasteiger partial charge in [-0.25, -0.2) is 20.3 Å². The zero-order chi connectivity index (χ0) is 32.2. The molecule has 45 heavy (non-hydrogen) atoms. The molecule has 1 aromatic carbocycles. The molecule has 2 saturated heterocycles. The number of anilines is 1. The third-order valence-electron chi connectivity index (χ3n) is 7.64. The molecule has 2 aliphatic heterocycles. The number of carbonyl (C=O) groups excluding carboxylic acids is 1. The number of ether oxygens (including phenoxy) is 1. The SMILES string of the molecule is CO.C[O-].Cn1cc(CNCC2CCN(c3ncc(C(=O)NO[C@@H]4O[C@H](CO)[C@H](O)[C@H](O)[C@H]4O)cn3)CC2)c2ccccc21.[HH].[HH].[Na+]. The third kappa shape index (κ3) is 9.87. The number of aromatic nitrogens is 3. The Kier molecular flexibility index (Phi) is 16.8. The van der Waals surface area contributed by atoms with Crippen molar-refractivity contribution in [3.63, 3.8) is 0 Å². The van der Waals surface area contributed by atoms with Crippen LogP contribution in [0.15, 0.2) is 42.9 Å². The van der Waals surface area contributed by atoms with Gasteiger partial charge in [-0.15, -0.1) is 0 Å². The summed E-state index contributed by atoms with van der Waals surface area (Å²) < 4.78 is 7.36. The molecule has 1 amide bonds. The first-order valence-electron chi connectivity index (χ1n) is 14.3. The van der Waals surface area contributed by atoms with Crippen LogP contribution in [0.5, 0.6) is 0 Å². The first-order valence-corrected chi connectivity index (χ1v) is 14.3. The number of piperidine rings is 1. The number of nitrogens with one attached hydrogen (secondary N) is 2. The maximum Gasteiger partial charge on any atom is 1.00 e. The van der Waals surface area contributed by atoms with E-state index in [1.807, 2.05) is 0 Å². The van der Waals surface area contributed by atoms with Gasteiger partial charge in [0.15, 0.2) is 0 Å². The van der Waals surface area contributed by atoms with Crippen LogP contribution in [0.3, 0.4) is 0 Å². The van der Waals surface area contributed by atoms with E-state index in [-0.39, 0.29) is 38.0 Å². The van der Waals surface area contributed by atoms with Crippen LogP contribution >= 0.6 is 0 Å². The number of carbonyl (C=O) groups is 1. The minimum absolute atomic E-state index is 0. The van der Waals surface area contributed by atoms with Crippen LogP contribution in [-0.4, -0.2) is 117 Å². The van der Waals surface area contributed by atoms with E-state index in [1.165, 1.54) is 28.9 Å². The van der Waals surface area contributed by atoms with Gasteiger partial charge in [-0.2, -0.15) is 7.11 Å². The van der Waals surface area contributed by atoms with Crippen molar-refractivity contribution in [2.24, 2.45) is 13.0 Å². The maximum absolute atomic E-state index is 12.5. The summed E-state index contributed by atoms with van der Waals surface area (Å²) in [5.41, 5.74) is 4.78. The van der Waals surface area contributed by atoms with Crippen LogP contribution < -0.4 is 50.4 Å². The van der Waals surface area contributed by atoms with Gasteiger partial charge in [0.25, 0.3) is 5.91 Å². The van der Waals surface area contributed by atoms with Crippen molar-refractivity contribution < 1.29 is 77.4 Å². The molecule has 0 bridgehead atoms. The van der Waals surface area contributed by atoms with Gasteiger partial charge >= 0.3 is 29.6 Å². The van der Waals surface area contributed by atoms with E-state index in [9.17, 15) is 25.2 Å². The molecule has 0 radical (unpaired) electrons. The summed E-state index contributed by atoms with van der Waals surface area (Å²) in [5.74, 6) is 0.406. The Hall–Kier alpha value is -2.25. The van der Waals surface area contributed by atoms with Gasteiger partial charge in [0.2, 0.25) is 12.2 Å². The number of hydrogen-bond donors (Lipinski definition) is 7. The molecule has 15 nitrogen and oxygen atoms in total. The molecule has 0 unspecified atom stereocenters. The van der Waals surface area contributed by atoms with Gasteiger partial charge in [-0.3, -0.25) is 4.79 Å². The molecule has 5 atom stereocenters. The zero-order valence-corrected chi connectivity index (χ0v) is 28.1. The summed E-state index contributed by atoms with van der Waals surface area (Å²) in [5, 5.41) is 59.1. The first kappa shape index (κ1) is 38.9. The van der Waals surface area contributed by atoms with Crippen molar-refractivity contribution in [3.8, 4) is 0 Å². The summed E-state index contributed by atoms with van der Waals surface area (Å²) in [6.07, 6.45) is -0.446. The van der Waals surface area contributed by atoms with Crippen molar-refractivity contribution in [3.05, 3.63) is 54.0 Å². The van der Waals surface area contributed by atoms with Crippen molar-refractivity contribution in [1.29, 1.82) is 0 Å². The quantitative estimate of drug-likeness (QED) is 0.0863. The fourth-order valence-electron chi connectivity index (χ4n) is 5.25. The topological polar surface area (TPSA) is 218 Å². The molecule has 16 heteroatoms. The van der Waals surface area contributed by atoms with Crippen LogP contribution in [0.25, 0.3) is 10.9 Å². The third-order valence-corrected chi connectivity index (χ3v) is 7.64. The average Bonchev–Trinajstić information content (AvgIpc) is 3.40. The molecule has 0 aliphatic carbocycles. The van der Waals surface area contributed by atoms with E-state index in [4.69, 9.17) is 19.8 Å². The number of rotatable bonds is 9. The number of hydrogen-bond acceptors (Lipinski definition) is 13. The van der Waals surface area contributed by atoms with Crippen molar-refractivity contribution in [2.45, 2.75) is 50.1 Å². The summed E-state index contributed by atoms with van der Waals surface area (Å²) >= 11 is 0. The standard InChI is InChI=1S/C27H36N6O7.CH4O.CH3O.Na.2H2/c1-32-14-18(19-4-2-3-5-20(19)32)11-28-10-16-6-8-33(9-7-16)27-29-12-17(13-30-27)25(38)31-40-26-24(37)23(36)22(35)21(15-34)39-26;2*1-2;;;/h2-5,12-14,16,21-24,26,28,34-37H,6-11,15H2,1H3,(H,31,38);2H,1H3;1H3;;2*1H/q;;-1;+1;;/t21-,22+,23+,24-,26+;;;;;/m1...../s1. The molecule has 2 aliphatic rings. The number of hydroxylamine groups is 1. The number of aliphatic hydroxyl groups excluding tert-OH is 5. The number of fused-ring (bicyclic) bond motifs is 1. The minimum Gasteiger partial charge on any atom is -0.857 e. The van der Waals surface area contributed by atoms with Crippen LogP contribution in [0.2, 0.25) is 0 Å². The number of aliphatic hydroxyl groups is 5. The van der Waals surface area contributed by atoms with Gasteiger partial charge in [0.05, 0.1) is 12.2 Å². The summed E-state index contributed by atoms with van der Waals surface area (Å²) in [4.78, 5) is 28.3. The van der Waals surface area contributed by atoms with Crippen molar-refractivity contribution in [2.75, 3.05) is 45.4 Å². The Bertz CT molecular complexity index is 1300. The second-order valence-corrected chi connectivity index (χ2v) is 10.4. The Balaban J connectivity index is 0.00000291. The number of para-hydroxylation sites is 1. The van der Waals surface area contributed by atoms with Crippen molar-refractivity contribution in [1.82, 2.24) is 25.3 Å². The van der Waals surface area contributed by atoms with Gasteiger partial charge < -0.3 is 50.2 Å². The molecule has 0 spiro atoms. The zero-order valence-electron chi connectivity index (χ0n) is 26.1. The fraction of sp³-hybridized carbons (Fsp3) is 0.552. The van der Waals surface area contributed by atoms with Crippen LogP contribution in [0.1, 0.15) is 31.6 Å². The Morgan fingerprint density at radius 3 is 2.38 bits per heavy atom. The minimum atomic E-state index is -1.63. The van der Waals surface area contributed by atoms with E-state index >= 15 is 0 Å². The van der Waals surface area contributed by atoms with E-state index < -0.39 is 43.2 Å². The van der Waals surface area contributed by atoms with Crippen LogP contribution in [0.4, 0.5) is 5.95 Å². The number of aryl methyl sites for hydroxylation is 1. The van der Waals surface area contributed by atoms with Gasteiger partial charge in [0.1, 0.15) is 24.4 Å². The van der Waals surface area contributed by atoms with Gasteiger partial charge in [0, 0.05) is 66.1 Å². The Morgan fingerprint density at radius 2 is 1.73 bits per heavy atom. The molecule has 5 rings (SSSR count). The van der Waals surface area contributed by atoms with E-state index in [2.05, 4.69) is 67.7 Å². The molecule has 248 valence electrons. The molecule has 2 fully saturated rings. The van der Waals surface area contributed by atoms with Crippen LogP contribution in [0, 0.1) is 5.92 Å². The van der Waals surface area contributed by atoms with Crippen LogP contribution in [-0.2, 0) is 23.2 Å². The van der Waals surface area contributed by atoms with E-state index in [0.29, 0.717) is 11.9 Å². The molecule has 4 heterocycles. The monoisotopic (exact) mass is 646 g/mol. The van der Waals surface area contributed by atoms with Crippen molar-refractivity contribution >= 4 is 22.8 Å². The summed E-state index contributed by atoms with van der Waals surface area (Å²) in [6, 6.07) is 8.42. The molecule has 3 aromatic rings. The predicted octanol–water partition coefficient (Wildman–Crippen LogP) is -4.48. The number of amides is 1. The second kappa shape index (κ2) is 19.4. The Morgan fingerprint density at radius 1 is 1.09 bits per heavy atom. The Labute approximate surface area is 287 Å². The normalized spacial score (nSPS) is 23.2. The second-order valence-electron chi connectivity index (χ2n) is 10.4. The average molecular weight is 647 g/mol. The van der Waals surface area contributed by atoms with Gasteiger partial charge in [-0.05, 0) is 36.9 Å². The summed E-state index contributed by atoms with van der Waals surface area (Å²) in [6.45, 7) is 2.78. The molecule has 7 N–H and O–H groups in total.